The number of carbonyl (C=O) groups is 2. The second-order valence-corrected chi connectivity index (χ2v) is 5.66. The first-order chi connectivity index (χ1) is 10.5. The number of anilines is 1. The van der Waals surface area contributed by atoms with Gasteiger partial charge in [-0.05, 0) is 19.1 Å². The second kappa shape index (κ2) is 7.20. The zero-order valence-electron chi connectivity index (χ0n) is 11.8. The van der Waals surface area contributed by atoms with Crippen molar-refractivity contribution >= 4 is 39.9 Å². The summed E-state index contributed by atoms with van der Waals surface area (Å²) in [6, 6.07) is 6.69. The van der Waals surface area contributed by atoms with Gasteiger partial charge in [-0.2, -0.15) is 0 Å². The van der Waals surface area contributed by atoms with Crippen LogP contribution in [-0.2, 0) is 4.74 Å². The van der Waals surface area contributed by atoms with Gasteiger partial charge in [0.2, 0.25) is 0 Å². The zero-order valence-corrected chi connectivity index (χ0v) is 13.3. The van der Waals surface area contributed by atoms with E-state index in [1.54, 1.807) is 31.2 Å². The molecular formula is C15H13ClN2O3S. The van der Waals surface area contributed by atoms with Crippen molar-refractivity contribution in [2.75, 3.05) is 11.9 Å². The molecule has 114 valence electrons. The van der Waals surface area contributed by atoms with E-state index in [0.29, 0.717) is 26.3 Å². The average molecular weight is 337 g/mol. The molecule has 0 radical (unpaired) electrons. The van der Waals surface area contributed by atoms with Crippen LogP contribution in [0.1, 0.15) is 25.7 Å². The molecular weight excluding hydrogens is 324 g/mol. The molecule has 2 aromatic rings. The van der Waals surface area contributed by atoms with Gasteiger partial charge < -0.3 is 4.74 Å². The SMILES string of the molecule is C=CCOC(=O)c1sc(NC(=O)c2ccccc2Cl)nc1C. The standard InChI is InChI=1S/C15H13ClN2O3S/c1-3-8-21-14(20)12-9(2)17-15(22-12)18-13(19)10-6-4-5-7-11(10)16/h3-7H,1,8H2,2H3,(H,17,18,19). The fourth-order valence-corrected chi connectivity index (χ4v) is 2.73. The van der Waals surface area contributed by atoms with Crippen LogP contribution in [-0.4, -0.2) is 23.5 Å². The van der Waals surface area contributed by atoms with Gasteiger partial charge in [-0.15, -0.1) is 0 Å². The minimum atomic E-state index is -0.492. The summed E-state index contributed by atoms with van der Waals surface area (Å²) in [6.07, 6.45) is 1.48. The third kappa shape index (κ3) is 3.72. The Morgan fingerprint density at radius 3 is 2.86 bits per heavy atom. The molecule has 0 atom stereocenters. The largest absolute Gasteiger partial charge is 0.457 e. The highest BCUT2D eigenvalue weighted by Gasteiger charge is 2.18. The van der Waals surface area contributed by atoms with Crippen LogP contribution < -0.4 is 5.32 Å². The van der Waals surface area contributed by atoms with E-state index >= 15 is 0 Å². The molecule has 1 amide bonds. The molecule has 0 saturated carbocycles. The summed E-state index contributed by atoms with van der Waals surface area (Å²) in [5.41, 5.74) is 0.835. The van der Waals surface area contributed by atoms with Crippen molar-refractivity contribution in [1.82, 2.24) is 4.98 Å². The molecule has 1 N–H and O–H groups in total. The first-order valence-electron chi connectivity index (χ1n) is 6.34. The molecule has 7 heteroatoms. The molecule has 1 aromatic heterocycles. The zero-order chi connectivity index (χ0) is 16.1. The van der Waals surface area contributed by atoms with Gasteiger partial charge in [0.1, 0.15) is 11.5 Å². The van der Waals surface area contributed by atoms with E-state index in [1.807, 2.05) is 0 Å². The van der Waals surface area contributed by atoms with E-state index in [-0.39, 0.29) is 12.5 Å². The maximum absolute atomic E-state index is 12.1. The summed E-state index contributed by atoms with van der Waals surface area (Å²) in [5, 5.41) is 3.29. The van der Waals surface area contributed by atoms with Crippen molar-refractivity contribution in [3.8, 4) is 0 Å². The number of aryl methyl sites for hydroxylation is 1. The van der Waals surface area contributed by atoms with Crippen molar-refractivity contribution in [3.63, 3.8) is 0 Å². The minimum Gasteiger partial charge on any atom is -0.457 e. The summed E-state index contributed by atoms with van der Waals surface area (Å²) in [5.74, 6) is -0.876. The van der Waals surface area contributed by atoms with Gasteiger partial charge in [0.25, 0.3) is 5.91 Å². The smallest absolute Gasteiger partial charge is 0.350 e. The fraction of sp³-hybridized carbons (Fsp3) is 0.133. The number of thiazole rings is 1. The summed E-state index contributed by atoms with van der Waals surface area (Å²) in [6.45, 7) is 5.27. The van der Waals surface area contributed by atoms with Crippen molar-refractivity contribution < 1.29 is 14.3 Å². The van der Waals surface area contributed by atoms with Gasteiger partial charge in [0, 0.05) is 0 Å². The lowest BCUT2D eigenvalue weighted by Crippen LogP contribution is -2.12. The second-order valence-electron chi connectivity index (χ2n) is 4.25. The average Bonchev–Trinajstić information content (AvgIpc) is 2.85. The molecule has 5 nitrogen and oxygen atoms in total. The van der Waals surface area contributed by atoms with Gasteiger partial charge in [0.05, 0.1) is 16.3 Å². The van der Waals surface area contributed by atoms with E-state index in [0.717, 1.165) is 11.3 Å². The van der Waals surface area contributed by atoms with Crippen LogP contribution in [0, 0.1) is 6.92 Å². The van der Waals surface area contributed by atoms with Gasteiger partial charge in [-0.1, -0.05) is 47.7 Å². The number of esters is 1. The van der Waals surface area contributed by atoms with Crippen molar-refractivity contribution in [3.05, 3.63) is 58.1 Å². The third-order valence-corrected chi connectivity index (χ3v) is 4.04. The third-order valence-electron chi connectivity index (χ3n) is 2.65. The number of hydrogen-bond acceptors (Lipinski definition) is 5. The lowest BCUT2D eigenvalue weighted by Gasteiger charge is -2.03. The fourth-order valence-electron chi connectivity index (χ4n) is 1.65. The van der Waals surface area contributed by atoms with E-state index in [9.17, 15) is 9.59 Å². The van der Waals surface area contributed by atoms with Crippen molar-refractivity contribution in [2.24, 2.45) is 0 Å². The van der Waals surface area contributed by atoms with Crippen molar-refractivity contribution in [1.29, 1.82) is 0 Å². The number of carbonyl (C=O) groups excluding carboxylic acids is 2. The molecule has 0 aliphatic heterocycles. The Morgan fingerprint density at radius 1 is 1.45 bits per heavy atom. The highest BCUT2D eigenvalue weighted by molar-refractivity contribution is 7.17. The summed E-state index contributed by atoms with van der Waals surface area (Å²) < 4.78 is 4.96. The Labute approximate surface area is 136 Å². The Hall–Kier alpha value is -2.18. The van der Waals surface area contributed by atoms with Crippen LogP contribution in [0.15, 0.2) is 36.9 Å². The van der Waals surface area contributed by atoms with Gasteiger partial charge in [0.15, 0.2) is 5.13 Å². The first kappa shape index (κ1) is 16.2. The maximum Gasteiger partial charge on any atom is 0.350 e. The van der Waals surface area contributed by atoms with Gasteiger partial charge in [-0.25, -0.2) is 9.78 Å². The van der Waals surface area contributed by atoms with E-state index in [1.165, 1.54) is 6.08 Å². The number of rotatable bonds is 5. The molecule has 22 heavy (non-hydrogen) atoms. The molecule has 0 spiro atoms. The minimum absolute atomic E-state index is 0.123. The van der Waals surface area contributed by atoms with E-state index in [2.05, 4.69) is 16.9 Å². The van der Waals surface area contributed by atoms with Crippen LogP contribution in [0.4, 0.5) is 5.13 Å². The molecule has 0 unspecified atom stereocenters. The Morgan fingerprint density at radius 2 is 2.18 bits per heavy atom. The maximum atomic E-state index is 12.1. The Bertz CT molecular complexity index is 727. The lowest BCUT2D eigenvalue weighted by atomic mass is 10.2. The Kier molecular flexibility index (Phi) is 5.30. The Balaban J connectivity index is 2.14. The molecule has 2 rings (SSSR count). The van der Waals surface area contributed by atoms with E-state index < -0.39 is 5.97 Å². The van der Waals surface area contributed by atoms with Crippen LogP contribution in [0.2, 0.25) is 5.02 Å². The molecule has 0 bridgehead atoms. The monoisotopic (exact) mass is 336 g/mol. The number of hydrogen-bond donors (Lipinski definition) is 1. The normalized spacial score (nSPS) is 10.1. The van der Waals surface area contributed by atoms with Crippen molar-refractivity contribution in [2.45, 2.75) is 6.92 Å². The lowest BCUT2D eigenvalue weighted by molar-refractivity contribution is 0.0554. The van der Waals surface area contributed by atoms with Crippen LogP contribution in [0.25, 0.3) is 0 Å². The summed E-state index contributed by atoms with van der Waals surface area (Å²) in [7, 11) is 0. The molecule has 0 aliphatic carbocycles. The number of halogens is 1. The highest BCUT2D eigenvalue weighted by Crippen LogP contribution is 2.25. The molecule has 1 aromatic carbocycles. The number of aromatic nitrogens is 1. The van der Waals surface area contributed by atoms with Crippen LogP contribution in [0.3, 0.4) is 0 Å². The number of amides is 1. The highest BCUT2D eigenvalue weighted by atomic mass is 35.5. The summed E-state index contributed by atoms with van der Waals surface area (Å²) in [4.78, 5) is 28.4. The number of ether oxygens (including phenoxy) is 1. The number of nitrogens with zero attached hydrogens (tertiary/aromatic N) is 1. The molecule has 0 fully saturated rings. The first-order valence-corrected chi connectivity index (χ1v) is 7.53. The topological polar surface area (TPSA) is 68.3 Å². The summed E-state index contributed by atoms with van der Waals surface area (Å²) >= 11 is 7.02. The quantitative estimate of drug-likeness (QED) is 0.667. The van der Waals surface area contributed by atoms with Crippen LogP contribution >= 0.6 is 22.9 Å². The van der Waals surface area contributed by atoms with Gasteiger partial charge in [-0.3, -0.25) is 10.1 Å². The van der Waals surface area contributed by atoms with Gasteiger partial charge >= 0.3 is 5.97 Å². The van der Waals surface area contributed by atoms with E-state index in [4.69, 9.17) is 16.3 Å². The molecule has 0 aliphatic rings. The predicted molar refractivity (Wildman–Crippen MR) is 86.7 cm³/mol. The molecule has 0 saturated heterocycles. The molecule has 1 heterocycles. The number of benzene rings is 1. The number of nitrogens with one attached hydrogen (secondary N) is 1. The predicted octanol–water partition coefficient (Wildman–Crippen LogP) is 3.70. The van der Waals surface area contributed by atoms with Crippen LogP contribution in [0.5, 0.6) is 0 Å².